The van der Waals surface area contributed by atoms with Gasteiger partial charge in [-0.2, -0.15) is 0 Å². The Morgan fingerprint density at radius 1 is 1.27 bits per heavy atom. The molecule has 2 N–H and O–H groups in total. The third-order valence-corrected chi connectivity index (χ3v) is 4.25. The van der Waals surface area contributed by atoms with Gasteiger partial charge in [0, 0.05) is 31.9 Å². The minimum absolute atomic E-state index is 0.233. The molecule has 0 unspecified atom stereocenters. The number of nitrogens with one attached hydrogen (secondary N) is 1. The van der Waals surface area contributed by atoms with Gasteiger partial charge in [-0.3, -0.25) is 4.79 Å². The van der Waals surface area contributed by atoms with Crippen LogP contribution < -0.4 is 15.5 Å². The van der Waals surface area contributed by atoms with E-state index in [0.29, 0.717) is 24.5 Å². The van der Waals surface area contributed by atoms with E-state index in [1.165, 1.54) is 6.07 Å². The predicted octanol–water partition coefficient (Wildman–Crippen LogP) is 1.28. The molecule has 0 aliphatic rings. The zero-order valence-electron chi connectivity index (χ0n) is 14.9. The summed E-state index contributed by atoms with van der Waals surface area (Å²) >= 11 is 0. The first-order valence-electron chi connectivity index (χ1n) is 8.15. The van der Waals surface area contributed by atoms with Gasteiger partial charge >= 0.3 is 0 Å². The Labute approximate surface area is 150 Å². The molecule has 8 heteroatoms. The summed E-state index contributed by atoms with van der Waals surface area (Å²) in [5.41, 5.74) is 2.47. The van der Waals surface area contributed by atoms with Crippen LogP contribution in [0.15, 0.2) is 41.3 Å². The molecule has 0 aliphatic carbocycles. The predicted molar refractivity (Wildman–Crippen MR) is 96.5 cm³/mol. The summed E-state index contributed by atoms with van der Waals surface area (Å²) < 4.78 is 8.77. The number of ether oxygens (including phenoxy) is 1. The first-order valence-corrected chi connectivity index (χ1v) is 8.15. The second kappa shape index (κ2) is 7.40. The first kappa shape index (κ1) is 17.7. The van der Waals surface area contributed by atoms with Gasteiger partial charge < -0.3 is 19.7 Å². The van der Waals surface area contributed by atoms with Crippen LogP contribution in [0.3, 0.4) is 0 Å². The third kappa shape index (κ3) is 3.45. The van der Waals surface area contributed by atoms with Gasteiger partial charge in [0.25, 0.3) is 0 Å². The zero-order valence-corrected chi connectivity index (χ0v) is 14.9. The molecule has 3 aromatic rings. The van der Waals surface area contributed by atoms with Crippen LogP contribution >= 0.6 is 0 Å². The number of aromatic nitrogens is 4. The average Bonchev–Trinajstić information content (AvgIpc) is 3.11. The van der Waals surface area contributed by atoms with Gasteiger partial charge in [-0.05, 0) is 19.1 Å². The van der Waals surface area contributed by atoms with Crippen LogP contribution in [0, 0.1) is 6.92 Å². The molecule has 0 bridgehead atoms. The Kier molecular flexibility index (Phi) is 5.04. The number of nitrogens with zero attached hydrogens (tertiary/aromatic N) is 4. The molecule has 0 saturated heterocycles. The lowest BCUT2D eigenvalue weighted by Gasteiger charge is -2.13. The Balaban J connectivity index is 1.71. The summed E-state index contributed by atoms with van der Waals surface area (Å²) in [6, 6.07) is 8.96. The van der Waals surface area contributed by atoms with E-state index in [0.717, 1.165) is 17.1 Å². The molecule has 0 radical (unpaired) electrons. The van der Waals surface area contributed by atoms with Gasteiger partial charge in [-0.15, -0.1) is 5.10 Å². The lowest BCUT2D eigenvalue weighted by atomic mass is 10.2. The Hall–Kier alpha value is -3.13. The van der Waals surface area contributed by atoms with E-state index in [-0.39, 0.29) is 11.2 Å². The third-order valence-electron chi connectivity index (χ3n) is 4.25. The fourth-order valence-corrected chi connectivity index (χ4v) is 2.70. The zero-order chi connectivity index (χ0) is 18.7. The molecular formula is C18H21N5O3. The number of benzene rings is 1. The Morgan fingerprint density at radius 3 is 2.81 bits per heavy atom. The normalized spacial score (nSPS) is 10.9. The van der Waals surface area contributed by atoms with Crippen molar-refractivity contribution in [3.63, 3.8) is 0 Å². The molecule has 1 aromatic carbocycles. The second-order valence-corrected chi connectivity index (χ2v) is 5.93. The quantitative estimate of drug-likeness (QED) is 0.692. The van der Waals surface area contributed by atoms with E-state index < -0.39 is 0 Å². The van der Waals surface area contributed by atoms with Gasteiger partial charge in [-0.1, -0.05) is 17.3 Å². The molecule has 26 heavy (non-hydrogen) atoms. The summed E-state index contributed by atoms with van der Waals surface area (Å²) in [6.45, 7) is 2.60. The van der Waals surface area contributed by atoms with E-state index >= 15 is 0 Å². The van der Waals surface area contributed by atoms with E-state index in [9.17, 15) is 9.90 Å². The number of hydrogen-bond acceptors (Lipinski definition) is 6. The molecule has 0 aliphatic heterocycles. The van der Waals surface area contributed by atoms with Crippen LogP contribution in [0.4, 0.5) is 0 Å². The topological polar surface area (TPSA) is 94.2 Å². The van der Waals surface area contributed by atoms with E-state index in [4.69, 9.17) is 4.74 Å². The minimum Gasteiger partial charge on any atom is -0.503 e. The largest absolute Gasteiger partial charge is 0.503 e. The number of aromatic hydroxyl groups is 1. The van der Waals surface area contributed by atoms with Crippen LogP contribution in [-0.2, 0) is 20.1 Å². The molecule has 8 nitrogen and oxygen atoms in total. The van der Waals surface area contributed by atoms with Crippen LogP contribution in [0.25, 0.3) is 5.69 Å². The lowest BCUT2D eigenvalue weighted by molar-refractivity contribution is 0.411. The second-order valence-electron chi connectivity index (χ2n) is 5.93. The van der Waals surface area contributed by atoms with Crippen molar-refractivity contribution in [1.29, 1.82) is 0 Å². The highest BCUT2D eigenvalue weighted by atomic mass is 16.5. The number of methoxy groups -OCH3 is 1. The summed E-state index contributed by atoms with van der Waals surface area (Å²) in [4.78, 5) is 11.7. The molecule has 2 aromatic heterocycles. The number of aryl methyl sites for hydroxylation is 1. The molecule has 0 spiro atoms. The smallest absolute Gasteiger partial charge is 0.223 e. The van der Waals surface area contributed by atoms with Gasteiger partial charge in [-0.25, -0.2) is 4.68 Å². The van der Waals surface area contributed by atoms with E-state index in [1.54, 1.807) is 22.6 Å². The maximum Gasteiger partial charge on any atom is 0.223 e. The van der Waals surface area contributed by atoms with Crippen LogP contribution in [-0.4, -0.2) is 31.8 Å². The molecule has 0 atom stereocenters. The summed E-state index contributed by atoms with van der Waals surface area (Å²) in [6.07, 6.45) is 1.81. The van der Waals surface area contributed by atoms with E-state index in [2.05, 4.69) is 15.6 Å². The number of pyridine rings is 1. The SMILES string of the molecule is COc1ccccc1-n1cc(CNCc2c(O)c(=O)cc(C)n2C)nn1. The van der Waals surface area contributed by atoms with Crippen molar-refractivity contribution in [2.45, 2.75) is 20.0 Å². The van der Waals surface area contributed by atoms with Crippen LogP contribution in [0.1, 0.15) is 17.1 Å². The molecule has 0 saturated carbocycles. The number of hydrogen-bond donors (Lipinski definition) is 2. The van der Waals surface area contributed by atoms with Gasteiger partial charge in [0.05, 0.1) is 24.7 Å². The van der Waals surface area contributed by atoms with Crippen molar-refractivity contribution in [1.82, 2.24) is 24.9 Å². The first-order chi connectivity index (χ1) is 12.5. The van der Waals surface area contributed by atoms with Crippen molar-refractivity contribution in [2.75, 3.05) is 7.11 Å². The molecule has 136 valence electrons. The molecule has 3 rings (SSSR count). The monoisotopic (exact) mass is 355 g/mol. The van der Waals surface area contributed by atoms with Gasteiger partial charge in [0.2, 0.25) is 5.43 Å². The molecule has 2 heterocycles. The van der Waals surface area contributed by atoms with Crippen molar-refractivity contribution in [3.05, 3.63) is 63.8 Å². The van der Waals surface area contributed by atoms with Gasteiger partial charge in [0.15, 0.2) is 5.75 Å². The molecular weight excluding hydrogens is 334 g/mol. The van der Waals surface area contributed by atoms with Crippen LogP contribution in [0.5, 0.6) is 11.5 Å². The van der Waals surface area contributed by atoms with Crippen LogP contribution in [0.2, 0.25) is 0 Å². The van der Waals surface area contributed by atoms with Crippen molar-refractivity contribution >= 4 is 0 Å². The Morgan fingerprint density at radius 2 is 2.04 bits per heavy atom. The van der Waals surface area contributed by atoms with Crippen molar-refractivity contribution < 1.29 is 9.84 Å². The lowest BCUT2D eigenvalue weighted by Crippen LogP contribution is -2.20. The van der Waals surface area contributed by atoms with Crippen molar-refractivity contribution in [3.8, 4) is 17.2 Å². The average molecular weight is 355 g/mol. The standard InChI is InChI=1S/C18H21N5O3/c1-12-8-16(24)18(25)15(22(12)2)10-19-9-13-11-23(21-20-13)14-6-4-5-7-17(14)26-3/h4-8,11,19,25H,9-10H2,1-3H3. The summed E-state index contributed by atoms with van der Waals surface area (Å²) in [7, 11) is 3.42. The van der Waals surface area contributed by atoms with Gasteiger partial charge in [0.1, 0.15) is 11.4 Å². The fourth-order valence-electron chi connectivity index (χ4n) is 2.70. The highest BCUT2D eigenvalue weighted by Gasteiger charge is 2.11. The maximum absolute atomic E-state index is 11.7. The highest BCUT2D eigenvalue weighted by molar-refractivity contribution is 5.45. The summed E-state index contributed by atoms with van der Waals surface area (Å²) in [5, 5.41) is 21.4. The number of rotatable bonds is 6. The molecule has 0 fully saturated rings. The number of para-hydroxylation sites is 2. The fraction of sp³-hybridized carbons (Fsp3) is 0.278. The Bertz CT molecular complexity index is 977. The molecule has 0 amide bonds. The maximum atomic E-state index is 11.7. The minimum atomic E-state index is -0.375. The summed E-state index contributed by atoms with van der Waals surface area (Å²) in [5.74, 6) is 0.472. The highest BCUT2D eigenvalue weighted by Crippen LogP contribution is 2.21. The van der Waals surface area contributed by atoms with Crippen molar-refractivity contribution in [2.24, 2.45) is 7.05 Å². The van der Waals surface area contributed by atoms with E-state index in [1.807, 2.05) is 38.2 Å².